The Kier molecular flexibility index (Phi) is 8.16. The minimum Gasteiger partial charge on any atom is -0.455 e. The lowest BCUT2D eigenvalue weighted by Crippen LogP contribution is -2.21. The van der Waals surface area contributed by atoms with Gasteiger partial charge < -0.3 is 15.4 Å². The summed E-state index contributed by atoms with van der Waals surface area (Å²) in [6, 6.07) is 14.1. The molecule has 0 saturated carbocycles. The van der Waals surface area contributed by atoms with Crippen LogP contribution in [0, 0.1) is 0 Å². The first-order valence-electron chi connectivity index (χ1n) is 8.08. The molecule has 0 aliphatic heterocycles. The highest BCUT2D eigenvalue weighted by Gasteiger charge is 2.09. The number of hydrogen-bond acceptors (Lipinski definition) is 5. The molecule has 0 fully saturated rings. The third kappa shape index (κ3) is 7.72. The lowest BCUT2D eigenvalue weighted by atomic mass is 10.2. The van der Waals surface area contributed by atoms with E-state index in [9.17, 15) is 14.4 Å². The molecule has 0 aromatic heterocycles. The lowest BCUT2D eigenvalue weighted by Gasteiger charge is -2.08. The second kappa shape index (κ2) is 10.6. The van der Waals surface area contributed by atoms with E-state index in [-0.39, 0.29) is 18.3 Å². The van der Waals surface area contributed by atoms with Gasteiger partial charge in [0.2, 0.25) is 5.91 Å². The maximum atomic E-state index is 11.9. The molecule has 2 rings (SSSR count). The summed E-state index contributed by atoms with van der Waals surface area (Å²) < 4.78 is 4.96. The molecule has 0 aliphatic rings. The third-order valence-corrected chi connectivity index (χ3v) is 4.59. The quantitative estimate of drug-likeness (QED) is 0.653. The van der Waals surface area contributed by atoms with E-state index in [4.69, 9.17) is 16.3 Å². The monoisotopic (exact) mass is 406 g/mol. The molecule has 0 radical (unpaired) electrons. The standard InChI is InChI=1S/C19H19ClN2O4S/c1-13(23)21-15-6-4-7-16(9-15)22-18(24)10-26-19(25)12-27-11-14-5-2-3-8-17(14)20/h2-9H,10-12H2,1H3,(H,21,23)(H,22,24). The van der Waals surface area contributed by atoms with E-state index < -0.39 is 11.9 Å². The minimum absolute atomic E-state index is 0.122. The molecule has 0 bridgehead atoms. The number of anilines is 2. The summed E-state index contributed by atoms with van der Waals surface area (Å²) in [7, 11) is 0. The number of amides is 2. The Morgan fingerprint density at radius 3 is 2.44 bits per heavy atom. The molecule has 2 amide bonds. The maximum absolute atomic E-state index is 11.9. The second-order valence-electron chi connectivity index (χ2n) is 5.56. The summed E-state index contributed by atoms with van der Waals surface area (Å²) in [4.78, 5) is 34.7. The van der Waals surface area contributed by atoms with E-state index in [2.05, 4.69) is 10.6 Å². The lowest BCUT2D eigenvalue weighted by molar-refractivity contribution is -0.144. The van der Waals surface area contributed by atoms with Gasteiger partial charge >= 0.3 is 5.97 Å². The molecule has 27 heavy (non-hydrogen) atoms. The van der Waals surface area contributed by atoms with Crippen LogP contribution in [0.3, 0.4) is 0 Å². The fourth-order valence-corrected chi connectivity index (χ4v) is 3.23. The number of ether oxygens (including phenoxy) is 1. The third-order valence-electron chi connectivity index (χ3n) is 3.27. The van der Waals surface area contributed by atoms with Crippen molar-refractivity contribution < 1.29 is 19.1 Å². The number of rotatable bonds is 8. The highest BCUT2D eigenvalue weighted by Crippen LogP contribution is 2.20. The minimum atomic E-state index is -0.478. The molecule has 6 nitrogen and oxygen atoms in total. The van der Waals surface area contributed by atoms with Crippen LogP contribution in [0.4, 0.5) is 11.4 Å². The van der Waals surface area contributed by atoms with Crippen LogP contribution in [0.2, 0.25) is 5.02 Å². The zero-order valence-electron chi connectivity index (χ0n) is 14.7. The first-order valence-corrected chi connectivity index (χ1v) is 9.61. The van der Waals surface area contributed by atoms with Gasteiger partial charge in [-0.1, -0.05) is 35.9 Å². The van der Waals surface area contributed by atoms with Crippen molar-refractivity contribution in [2.75, 3.05) is 23.0 Å². The summed E-state index contributed by atoms with van der Waals surface area (Å²) in [5.74, 6) is -0.441. The molecule has 2 N–H and O–H groups in total. The maximum Gasteiger partial charge on any atom is 0.316 e. The van der Waals surface area contributed by atoms with Crippen molar-refractivity contribution in [3.8, 4) is 0 Å². The molecule has 2 aromatic carbocycles. The highest BCUT2D eigenvalue weighted by atomic mass is 35.5. The van der Waals surface area contributed by atoms with Crippen LogP contribution in [0.1, 0.15) is 12.5 Å². The largest absolute Gasteiger partial charge is 0.455 e. The molecule has 8 heteroatoms. The van der Waals surface area contributed by atoms with E-state index >= 15 is 0 Å². The molecule has 0 spiro atoms. The number of carbonyl (C=O) groups excluding carboxylic acids is 3. The Morgan fingerprint density at radius 2 is 1.74 bits per heavy atom. The second-order valence-corrected chi connectivity index (χ2v) is 6.95. The van der Waals surface area contributed by atoms with Crippen LogP contribution in [0.25, 0.3) is 0 Å². The summed E-state index contributed by atoms with van der Waals surface area (Å²) in [6.07, 6.45) is 0. The number of esters is 1. The van der Waals surface area contributed by atoms with Crippen LogP contribution in [-0.2, 0) is 24.9 Å². The zero-order valence-corrected chi connectivity index (χ0v) is 16.2. The Bertz CT molecular complexity index is 829. The Labute approximate surface area is 166 Å². The fraction of sp³-hybridized carbons (Fsp3) is 0.211. The van der Waals surface area contributed by atoms with Crippen molar-refractivity contribution in [1.82, 2.24) is 0 Å². The van der Waals surface area contributed by atoms with Gasteiger partial charge in [-0.15, -0.1) is 11.8 Å². The molecular formula is C19H19ClN2O4S. The summed E-state index contributed by atoms with van der Waals surface area (Å²) >= 11 is 7.41. The molecule has 0 saturated heterocycles. The van der Waals surface area contributed by atoms with Crippen molar-refractivity contribution in [3.05, 3.63) is 59.1 Å². The van der Waals surface area contributed by atoms with Gasteiger partial charge in [-0.3, -0.25) is 14.4 Å². The van der Waals surface area contributed by atoms with E-state index in [1.165, 1.54) is 18.7 Å². The predicted octanol–water partition coefficient (Wildman–Crippen LogP) is 3.71. The smallest absolute Gasteiger partial charge is 0.316 e. The Morgan fingerprint density at radius 1 is 1.04 bits per heavy atom. The van der Waals surface area contributed by atoms with E-state index in [1.54, 1.807) is 30.3 Å². The van der Waals surface area contributed by atoms with E-state index in [1.807, 2.05) is 18.2 Å². The van der Waals surface area contributed by atoms with Crippen molar-refractivity contribution in [1.29, 1.82) is 0 Å². The average molecular weight is 407 g/mol. The van der Waals surface area contributed by atoms with Crippen molar-refractivity contribution in [3.63, 3.8) is 0 Å². The summed E-state index contributed by atoms with van der Waals surface area (Å²) in [6.45, 7) is 1.02. The van der Waals surface area contributed by atoms with Crippen LogP contribution in [0.15, 0.2) is 48.5 Å². The number of carbonyl (C=O) groups is 3. The van der Waals surface area contributed by atoms with Crippen LogP contribution in [0.5, 0.6) is 0 Å². The van der Waals surface area contributed by atoms with Gasteiger partial charge in [0.15, 0.2) is 6.61 Å². The van der Waals surface area contributed by atoms with Gasteiger partial charge in [-0.2, -0.15) is 0 Å². The topological polar surface area (TPSA) is 84.5 Å². The first-order chi connectivity index (χ1) is 12.9. The van der Waals surface area contributed by atoms with Crippen molar-refractivity contribution >= 4 is 52.5 Å². The highest BCUT2D eigenvalue weighted by molar-refractivity contribution is 7.99. The molecule has 0 aliphatic carbocycles. The number of thioether (sulfide) groups is 1. The van der Waals surface area contributed by atoms with Crippen molar-refractivity contribution in [2.45, 2.75) is 12.7 Å². The molecular weight excluding hydrogens is 388 g/mol. The first kappa shape index (κ1) is 20.8. The zero-order chi connectivity index (χ0) is 19.6. The average Bonchev–Trinajstić information content (AvgIpc) is 2.61. The summed E-state index contributed by atoms with van der Waals surface area (Å²) in [5.41, 5.74) is 2.00. The number of hydrogen-bond donors (Lipinski definition) is 2. The van der Waals surface area contributed by atoms with Gasteiger partial charge in [0.1, 0.15) is 0 Å². The Balaban J connectivity index is 1.71. The van der Waals surface area contributed by atoms with Gasteiger partial charge in [-0.25, -0.2) is 0 Å². The number of halogens is 1. The fourth-order valence-electron chi connectivity index (χ4n) is 2.12. The molecule has 0 atom stereocenters. The summed E-state index contributed by atoms with van der Waals surface area (Å²) in [5, 5.41) is 5.88. The normalized spacial score (nSPS) is 10.1. The molecule has 142 valence electrons. The number of benzene rings is 2. The van der Waals surface area contributed by atoms with E-state index in [0.717, 1.165) is 5.56 Å². The van der Waals surface area contributed by atoms with Crippen LogP contribution < -0.4 is 10.6 Å². The Hall–Kier alpha value is -2.51. The van der Waals surface area contributed by atoms with Crippen molar-refractivity contribution in [2.24, 2.45) is 0 Å². The van der Waals surface area contributed by atoms with Crippen LogP contribution in [-0.4, -0.2) is 30.1 Å². The van der Waals surface area contributed by atoms with Gasteiger partial charge in [0.25, 0.3) is 5.91 Å². The molecule has 2 aromatic rings. The van der Waals surface area contributed by atoms with Crippen LogP contribution >= 0.6 is 23.4 Å². The van der Waals surface area contributed by atoms with Gasteiger partial charge in [0.05, 0.1) is 5.75 Å². The molecule has 0 unspecified atom stereocenters. The van der Waals surface area contributed by atoms with Gasteiger partial charge in [0, 0.05) is 29.1 Å². The van der Waals surface area contributed by atoms with E-state index in [0.29, 0.717) is 22.2 Å². The molecule has 0 heterocycles. The predicted molar refractivity (Wildman–Crippen MR) is 108 cm³/mol. The SMILES string of the molecule is CC(=O)Nc1cccc(NC(=O)COC(=O)CSCc2ccccc2Cl)c1. The number of nitrogens with one attached hydrogen (secondary N) is 2. The van der Waals surface area contributed by atoms with Gasteiger partial charge in [-0.05, 0) is 29.8 Å².